The average molecular weight is 263 g/mol. The largest absolute Gasteiger partial charge is 0.354 e. The molecule has 0 aliphatic carbocycles. The number of sulfone groups is 1. The Morgan fingerprint density at radius 1 is 1.35 bits per heavy atom. The number of carbonyl (C=O) groups excluding carboxylic acids is 1. The van der Waals surface area contributed by atoms with Gasteiger partial charge in [0.2, 0.25) is 5.91 Å². The third kappa shape index (κ3) is 7.30. The number of hydrogen-bond acceptors (Lipinski definition) is 5. The highest BCUT2D eigenvalue weighted by atomic mass is 32.2. The number of hydrogen-bond donors (Lipinski definition) is 2. The zero-order valence-electron chi connectivity index (χ0n) is 10.2. The molecule has 1 saturated heterocycles. The summed E-state index contributed by atoms with van der Waals surface area (Å²) in [5.74, 6) is -0.101. The minimum atomic E-state index is -3.00. The van der Waals surface area contributed by atoms with Gasteiger partial charge in [0.15, 0.2) is 0 Å². The van der Waals surface area contributed by atoms with Crippen LogP contribution in [0.2, 0.25) is 0 Å². The maximum Gasteiger partial charge on any atom is 0.234 e. The molecular formula is C10H21N3O3S. The Hall–Kier alpha value is -0.660. The fourth-order valence-corrected chi connectivity index (χ4v) is 2.17. The zero-order chi connectivity index (χ0) is 12.7. The molecule has 1 fully saturated rings. The van der Waals surface area contributed by atoms with Crippen LogP contribution in [0.15, 0.2) is 0 Å². The summed E-state index contributed by atoms with van der Waals surface area (Å²) in [5, 5.41) is 5.89. The summed E-state index contributed by atoms with van der Waals surface area (Å²) in [4.78, 5) is 13.6. The SMILES string of the molecule is CS(=O)(=O)CCNC(=O)CN1CCCNCC1. The number of nitrogens with one attached hydrogen (secondary N) is 2. The Morgan fingerprint density at radius 3 is 2.82 bits per heavy atom. The van der Waals surface area contributed by atoms with Gasteiger partial charge in [0.25, 0.3) is 0 Å². The molecule has 0 unspecified atom stereocenters. The summed E-state index contributed by atoms with van der Waals surface area (Å²) in [5.41, 5.74) is 0. The highest BCUT2D eigenvalue weighted by Crippen LogP contribution is 1.94. The molecule has 2 N–H and O–H groups in total. The Bertz CT molecular complexity index is 335. The van der Waals surface area contributed by atoms with E-state index >= 15 is 0 Å². The molecule has 0 aromatic carbocycles. The lowest BCUT2D eigenvalue weighted by molar-refractivity contribution is -0.122. The van der Waals surface area contributed by atoms with Gasteiger partial charge in [-0.3, -0.25) is 9.69 Å². The van der Waals surface area contributed by atoms with E-state index in [0.717, 1.165) is 32.6 Å². The molecule has 0 bridgehead atoms. The van der Waals surface area contributed by atoms with Gasteiger partial charge in [0.05, 0.1) is 12.3 Å². The van der Waals surface area contributed by atoms with Gasteiger partial charge in [-0.15, -0.1) is 0 Å². The first-order valence-corrected chi connectivity index (χ1v) is 7.91. The van der Waals surface area contributed by atoms with Gasteiger partial charge in [0.1, 0.15) is 9.84 Å². The van der Waals surface area contributed by atoms with Gasteiger partial charge >= 0.3 is 0 Å². The Balaban J connectivity index is 2.19. The van der Waals surface area contributed by atoms with Crippen molar-refractivity contribution in [3.8, 4) is 0 Å². The van der Waals surface area contributed by atoms with Crippen LogP contribution in [0.1, 0.15) is 6.42 Å². The third-order valence-corrected chi connectivity index (χ3v) is 3.54. The number of carbonyl (C=O) groups is 1. The van der Waals surface area contributed by atoms with Crippen LogP contribution >= 0.6 is 0 Å². The van der Waals surface area contributed by atoms with Gasteiger partial charge in [-0.05, 0) is 19.5 Å². The van der Waals surface area contributed by atoms with Crippen molar-refractivity contribution < 1.29 is 13.2 Å². The van der Waals surface area contributed by atoms with Crippen molar-refractivity contribution in [2.45, 2.75) is 6.42 Å². The van der Waals surface area contributed by atoms with E-state index in [1.165, 1.54) is 6.26 Å². The minimum absolute atomic E-state index is 0.000293. The second-order valence-electron chi connectivity index (χ2n) is 4.36. The molecule has 17 heavy (non-hydrogen) atoms. The van der Waals surface area contributed by atoms with Crippen LogP contribution in [0.5, 0.6) is 0 Å². The molecule has 1 aliphatic rings. The van der Waals surface area contributed by atoms with E-state index in [0.29, 0.717) is 6.54 Å². The molecule has 1 rings (SSSR count). The van der Waals surface area contributed by atoms with Gasteiger partial charge in [-0.1, -0.05) is 0 Å². The van der Waals surface area contributed by atoms with Crippen molar-refractivity contribution in [1.29, 1.82) is 0 Å². The second kappa shape index (κ2) is 6.93. The molecule has 0 aromatic rings. The van der Waals surface area contributed by atoms with E-state index in [2.05, 4.69) is 15.5 Å². The van der Waals surface area contributed by atoms with E-state index < -0.39 is 9.84 Å². The molecule has 7 heteroatoms. The zero-order valence-corrected chi connectivity index (χ0v) is 11.1. The van der Waals surface area contributed by atoms with Gasteiger partial charge in [-0.25, -0.2) is 8.42 Å². The number of amides is 1. The summed E-state index contributed by atoms with van der Waals surface area (Å²) in [6.07, 6.45) is 2.20. The Labute approximate surface area is 103 Å². The van der Waals surface area contributed by atoms with Crippen molar-refractivity contribution in [3.63, 3.8) is 0 Å². The molecule has 0 radical (unpaired) electrons. The molecule has 1 aliphatic heterocycles. The van der Waals surface area contributed by atoms with Crippen molar-refractivity contribution in [2.24, 2.45) is 0 Å². The summed E-state index contributed by atoms with van der Waals surface area (Å²) in [6.45, 7) is 4.21. The maximum absolute atomic E-state index is 11.5. The fourth-order valence-electron chi connectivity index (χ4n) is 1.69. The lowest BCUT2D eigenvalue weighted by Gasteiger charge is -2.18. The van der Waals surface area contributed by atoms with E-state index in [-0.39, 0.29) is 18.2 Å². The molecule has 0 aromatic heterocycles. The molecule has 100 valence electrons. The average Bonchev–Trinajstić information content (AvgIpc) is 2.44. The second-order valence-corrected chi connectivity index (χ2v) is 6.62. The highest BCUT2D eigenvalue weighted by molar-refractivity contribution is 7.90. The van der Waals surface area contributed by atoms with E-state index in [4.69, 9.17) is 0 Å². The van der Waals surface area contributed by atoms with Crippen molar-refractivity contribution in [2.75, 3.05) is 51.3 Å². The monoisotopic (exact) mass is 263 g/mol. The van der Waals surface area contributed by atoms with Crippen LogP contribution in [0.3, 0.4) is 0 Å². The minimum Gasteiger partial charge on any atom is -0.354 e. The lowest BCUT2D eigenvalue weighted by atomic mass is 10.4. The van der Waals surface area contributed by atoms with Crippen LogP contribution in [-0.4, -0.2) is 70.5 Å². The van der Waals surface area contributed by atoms with Gasteiger partial charge in [0, 0.05) is 25.9 Å². The molecule has 0 spiro atoms. The predicted molar refractivity (Wildman–Crippen MR) is 66.6 cm³/mol. The Kier molecular flexibility index (Phi) is 5.87. The van der Waals surface area contributed by atoms with Crippen LogP contribution in [0, 0.1) is 0 Å². The molecule has 0 saturated carbocycles. The van der Waals surface area contributed by atoms with E-state index in [1.807, 2.05) is 0 Å². The van der Waals surface area contributed by atoms with E-state index in [9.17, 15) is 13.2 Å². The first-order chi connectivity index (χ1) is 7.97. The summed E-state index contributed by atoms with van der Waals surface area (Å²) in [6, 6.07) is 0. The van der Waals surface area contributed by atoms with Crippen LogP contribution in [0.25, 0.3) is 0 Å². The topological polar surface area (TPSA) is 78.5 Å². The quantitative estimate of drug-likeness (QED) is 0.627. The van der Waals surface area contributed by atoms with Crippen molar-refractivity contribution in [1.82, 2.24) is 15.5 Å². The fraction of sp³-hybridized carbons (Fsp3) is 0.900. The predicted octanol–water partition coefficient (Wildman–Crippen LogP) is -1.56. The molecule has 1 amide bonds. The summed E-state index contributed by atoms with van der Waals surface area (Å²) < 4.78 is 21.8. The summed E-state index contributed by atoms with van der Waals surface area (Å²) >= 11 is 0. The maximum atomic E-state index is 11.5. The van der Waals surface area contributed by atoms with Crippen molar-refractivity contribution >= 4 is 15.7 Å². The smallest absolute Gasteiger partial charge is 0.234 e. The highest BCUT2D eigenvalue weighted by Gasteiger charge is 2.12. The van der Waals surface area contributed by atoms with Gasteiger partial charge < -0.3 is 10.6 Å². The van der Waals surface area contributed by atoms with Gasteiger partial charge in [-0.2, -0.15) is 0 Å². The first kappa shape index (κ1) is 14.4. The molecule has 1 heterocycles. The van der Waals surface area contributed by atoms with Crippen molar-refractivity contribution in [3.05, 3.63) is 0 Å². The van der Waals surface area contributed by atoms with Crippen LogP contribution in [0.4, 0.5) is 0 Å². The Morgan fingerprint density at radius 2 is 2.12 bits per heavy atom. The standard InChI is InChI=1S/C10H21N3O3S/c1-17(15,16)8-5-12-10(14)9-13-6-2-3-11-4-7-13/h11H,2-9H2,1H3,(H,12,14). The van der Waals surface area contributed by atoms with Crippen LogP contribution in [-0.2, 0) is 14.6 Å². The molecular weight excluding hydrogens is 242 g/mol. The van der Waals surface area contributed by atoms with E-state index in [1.54, 1.807) is 0 Å². The lowest BCUT2D eigenvalue weighted by Crippen LogP contribution is -2.40. The third-order valence-electron chi connectivity index (χ3n) is 2.59. The molecule has 0 atom stereocenters. The number of rotatable bonds is 5. The summed E-state index contributed by atoms with van der Waals surface area (Å²) in [7, 11) is -3.00. The normalized spacial score (nSPS) is 18.6. The molecule has 6 nitrogen and oxygen atoms in total. The van der Waals surface area contributed by atoms with Crippen LogP contribution < -0.4 is 10.6 Å². The first-order valence-electron chi connectivity index (χ1n) is 5.85. The number of nitrogens with zero attached hydrogens (tertiary/aromatic N) is 1.